The van der Waals surface area contributed by atoms with Crippen LogP contribution in [0.4, 0.5) is 4.79 Å². The average Bonchev–Trinajstić information content (AvgIpc) is 3.34. The Kier molecular flexibility index (Phi) is 6.81. The monoisotopic (exact) mass is 557 g/mol. The van der Waals surface area contributed by atoms with Crippen LogP contribution in [0.2, 0.25) is 0 Å². The summed E-state index contributed by atoms with van der Waals surface area (Å²) in [6.07, 6.45) is 3.63. The summed E-state index contributed by atoms with van der Waals surface area (Å²) in [4.78, 5) is 46.6. The molecule has 2 saturated heterocycles. The Balaban J connectivity index is 1.18. The molecule has 214 valence electrons. The molecular formula is C31H35N5O5. The van der Waals surface area contributed by atoms with Crippen molar-refractivity contribution in [2.24, 2.45) is 5.92 Å². The third kappa shape index (κ3) is 4.97. The molecule has 5 heterocycles. The predicted molar refractivity (Wildman–Crippen MR) is 154 cm³/mol. The lowest BCUT2D eigenvalue weighted by molar-refractivity contribution is -0.142. The van der Waals surface area contributed by atoms with Crippen LogP contribution in [0.15, 0.2) is 59.8 Å². The number of likely N-dealkylation sites (tertiary alicyclic amines) is 2. The van der Waals surface area contributed by atoms with Crippen molar-refractivity contribution in [1.82, 2.24) is 23.8 Å². The second kappa shape index (κ2) is 10.3. The Morgan fingerprint density at radius 3 is 2.49 bits per heavy atom. The summed E-state index contributed by atoms with van der Waals surface area (Å²) in [5.41, 5.74) is 3.29. The quantitative estimate of drug-likeness (QED) is 0.397. The zero-order valence-electron chi connectivity index (χ0n) is 23.4. The number of carboxylic acid groups (broad SMARTS) is 1. The molecule has 0 unspecified atom stereocenters. The highest BCUT2D eigenvalue weighted by Crippen LogP contribution is 2.35. The first-order chi connectivity index (χ1) is 19.6. The number of aliphatic hydroxyl groups is 1. The molecule has 0 spiro atoms. The molecule has 2 fully saturated rings. The minimum Gasteiger partial charge on any atom is -0.465 e. The van der Waals surface area contributed by atoms with Crippen LogP contribution in [0.5, 0.6) is 0 Å². The van der Waals surface area contributed by atoms with Gasteiger partial charge in [-0.15, -0.1) is 0 Å². The van der Waals surface area contributed by atoms with Crippen molar-refractivity contribution < 1.29 is 19.8 Å². The number of nitrogens with zero attached hydrogens (tertiary/aromatic N) is 5. The van der Waals surface area contributed by atoms with Crippen molar-refractivity contribution in [3.05, 3.63) is 82.0 Å². The Labute approximate surface area is 237 Å². The Hall–Kier alpha value is -4.18. The highest BCUT2D eigenvalue weighted by Gasteiger charge is 2.41. The van der Waals surface area contributed by atoms with Crippen LogP contribution in [0, 0.1) is 19.8 Å². The number of aryl methyl sites for hydroxylation is 2. The molecule has 2 atom stereocenters. The van der Waals surface area contributed by atoms with Crippen molar-refractivity contribution in [3.8, 4) is 0 Å². The molecule has 1 aromatic carbocycles. The highest BCUT2D eigenvalue weighted by molar-refractivity contribution is 5.84. The number of amides is 2. The summed E-state index contributed by atoms with van der Waals surface area (Å²) in [7, 11) is 0. The van der Waals surface area contributed by atoms with E-state index in [1.807, 2.05) is 60.8 Å². The van der Waals surface area contributed by atoms with Gasteiger partial charge in [0.2, 0.25) is 5.91 Å². The maximum Gasteiger partial charge on any atom is 0.407 e. The largest absolute Gasteiger partial charge is 0.465 e. The third-order valence-corrected chi connectivity index (χ3v) is 8.90. The number of fused-ring (bicyclic) bond motifs is 3. The molecule has 2 N–H and O–H groups in total. The average molecular weight is 558 g/mol. The Morgan fingerprint density at radius 2 is 1.78 bits per heavy atom. The van der Waals surface area contributed by atoms with Crippen LogP contribution in [0.1, 0.15) is 41.9 Å². The smallest absolute Gasteiger partial charge is 0.407 e. The maximum atomic E-state index is 13.7. The molecule has 10 heteroatoms. The van der Waals surface area contributed by atoms with E-state index in [0.717, 1.165) is 22.2 Å². The Bertz CT molecular complexity index is 1690. The van der Waals surface area contributed by atoms with E-state index < -0.39 is 11.7 Å². The van der Waals surface area contributed by atoms with Gasteiger partial charge in [-0.1, -0.05) is 36.4 Å². The number of rotatable bonds is 4. The summed E-state index contributed by atoms with van der Waals surface area (Å²) in [5.74, 6) is -0.557. The number of aromatic nitrogens is 3. The molecule has 2 amide bonds. The summed E-state index contributed by atoms with van der Waals surface area (Å²) in [6.45, 7) is 5.45. The summed E-state index contributed by atoms with van der Waals surface area (Å²) in [5, 5.41) is 21.6. The lowest BCUT2D eigenvalue weighted by Gasteiger charge is -2.42. The summed E-state index contributed by atoms with van der Waals surface area (Å²) in [6, 6.07) is 13.6. The number of pyridine rings is 1. The van der Waals surface area contributed by atoms with Crippen LogP contribution in [0.25, 0.3) is 16.6 Å². The maximum absolute atomic E-state index is 13.7. The van der Waals surface area contributed by atoms with Crippen molar-refractivity contribution in [2.75, 3.05) is 26.2 Å². The zero-order valence-corrected chi connectivity index (χ0v) is 23.4. The van der Waals surface area contributed by atoms with Gasteiger partial charge in [-0.05, 0) is 55.9 Å². The molecule has 3 aromatic heterocycles. The van der Waals surface area contributed by atoms with Crippen LogP contribution in [0.3, 0.4) is 0 Å². The molecule has 0 saturated carbocycles. The van der Waals surface area contributed by atoms with Gasteiger partial charge >= 0.3 is 6.09 Å². The van der Waals surface area contributed by atoms with E-state index in [1.165, 1.54) is 15.8 Å². The zero-order chi connectivity index (χ0) is 28.9. The first-order valence-corrected chi connectivity index (χ1v) is 14.1. The number of carbonyl (C=O) groups is 2. The van der Waals surface area contributed by atoms with Gasteiger partial charge in [0.05, 0.1) is 23.0 Å². The summed E-state index contributed by atoms with van der Waals surface area (Å²) < 4.78 is 3.42. The molecule has 0 bridgehead atoms. The van der Waals surface area contributed by atoms with E-state index in [4.69, 9.17) is 0 Å². The minimum absolute atomic E-state index is 0.00245. The molecule has 0 radical (unpaired) electrons. The highest BCUT2D eigenvalue weighted by atomic mass is 16.4. The SMILES string of the molecule is Cc1cc(C)c2cc3c(=O)n(CC4(O)CCN(C(=O)[C@@H]5CCN(C(=O)O)C[C@H]5c5ccccc5)CC4)cnc3n2c1. The molecular weight excluding hydrogens is 522 g/mol. The predicted octanol–water partition coefficient (Wildman–Crippen LogP) is 3.40. The molecule has 0 aliphatic carbocycles. The molecule has 2 aliphatic heterocycles. The van der Waals surface area contributed by atoms with Crippen LogP contribution in [-0.2, 0) is 11.3 Å². The van der Waals surface area contributed by atoms with Gasteiger partial charge in [-0.2, -0.15) is 0 Å². The number of carbonyl (C=O) groups excluding carboxylic acids is 1. The first kappa shape index (κ1) is 27.0. The normalized spacial score (nSPS) is 21.0. The van der Waals surface area contributed by atoms with Gasteiger partial charge in [0.1, 0.15) is 6.33 Å². The van der Waals surface area contributed by atoms with Gasteiger partial charge in [-0.3, -0.25) is 14.2 Å². The van der Waals surface area contributed by atoms with Crippen molar-refractivity contribution >= 4 is 28.6 Å². The topological polar surface area (TPSA) is 120 Å². The van der Waals surface area contributed by atoms with Crippen molar-refractivity contribution in [1.29, 1.82) is 0 Å². The molecule has 10 nitrogen and oxygen atoms in total. The van der Waals surface area contributed by atoms with E-state index in [0.29, 0.717) is 49.9 Å². The lowest BCUT2D eigenvalue weighted by atomic mass is 9.79. The van der Waals surface area contributed by atoms with E-state index in [1.54, 1.807) is 4.90 Å². The number of hydrogen-bond acceptors (Lipinski definition) is 5. The Morgan fingerprint density at radius 1 is 1.05 bits per heavy atom. The van der Waals surface area contributed by atoms with Crippen molar-refractivity contribution in [2.45, 2.75) is 51.2 Å². The van der Waals surface area contributed by atoms with Crippen molar-refractivity contribution in [3.63, 3.8) is 0 Å². The van der Waals surface area contributed by atoms with E-state index in [-0.39, 0.29) is 36.4 Å². The fourth-order valence-electron chi connectivity index (χ4n) is 6.65. The van der Waals surface area contributed by atoms with Crippen LogP contribution >= 0.6 is 0 Å². The molecule has 6 rings (SSSR count). The van der Waals surface area contributed by atoms with Crippen LogP contribution in [-0.4, -0.2) is 77.7 Å². The van der Waals surface area contributed by atoms with E-state index in [2.05, 4.69) is 11.1 Å². The first-order valence-electron chi connectivity index (χ1n) is 14.1. The van der Waals surface area contributed by atoms with Gasteiger partial charge in [0, 0.05) is 44.2 Å². The molecule has 41 heavy (non-hydrogen) atoms. The standard InChI is InChI=1S/C31H35N5O5/c1-20-14-21(2)26-15-24-27(36(26)16-20)32-19-35(29(24)38)18-31(41)9-12-33(13-10-31)28(37)23-8-11-34(30(39)40)17-25(23)22-6-4-3-5-7-22/h3-7,14-16,19,23,25,41H,8-13,17-18H2,1-2H3,(H,39,40)/t23-,25+/m1/s1. The van der Waals surface area contributed by atoms with Gasteiger partial charge in [0.25, 0.3) is 5.56 Å². The molecule has 4 aromatic rings. The number of piperidine rings is 2. The summed E-state index contributed by atoms with van der Waals surface area (Å²) >= 11 is 0. The van der Waals surface area contributed by atoms with Gasteiger partial charge in [-0.25, -0.2) is 9.78 Å². The fraction of sp³-hybridized carbons (Fsp3) is 0.419. The fourth-order valence-corrected chi connectivity index (χ4v) is 6.65. The van der Waals surface area contributed by atoms with Gasteiger partial charge < -0.3 is 24.4 Å². The second-order valence-electron chi connectivity index (χ2n) is 11.7. The second-order valence-corrected chi connectivity index (χ2v) is 11.7. The van der Waals surface area contributed by atoms with E-state index in [9.17, 15) is 24.6 Å². The minimum atomic E-state index is -1.15. The van der Waals surface area contributed by atoms with Crippen LogP contribution < -0.4 is 5.56 Å². The molecule has 2 aliphatic rings. The number of hydrogen-bond donors (Lipinski definition) is 2. The third-order valence-electron chi connectivity index (χ3n) is 8.90. The van der Waals surface area contributed by atoms with E-state index >= 15 is 0 Å². The van der Waals surface area contributed by atoms with Gasteiger partial charge in [0.15, 0.2) is 5.65 Å². The number of benzene rings is 1. The lowest BCUT2D eigenvalue weighted by Crippen LogP contribution is -2.53.